The average molecular weight is 194 g/mol. The molecule has 4 heteroatoms. The molecule has 0 aliphatic carbocycles. The Morgan fingerprint density at radius 2 is 2.21 bits per heavy atom. The van der Waals surface area contributed by atoms with Crippen LogP contribution in [0.3, 0.4) is 0 Å². The molecule has 0 spiro atoms. The van der Waals surface area contributed by atoms with Crippen LogP contribution in [0.25, 0.3) is 0 Å². The molecule has 0 bridgehead atoms. The lowest BCUT2D eigenvalue weighted by molar-refractivity contribution is -0.121. The van der Waals surface area contributed by atoms with Crippen molar-refractivity contribution >= 4 is 11.6 Å². The molecule has 1 aromatic rings. The molecule has 3 nitrogen and oxygen atoms in total. The third-order valence-electron chi connectivity index (χ3n) is 2.72. The molecule has 0 unspecified atom stereocenters. The molecule has 0 fully saturated rings. The lowest BCUT2D eigenvalue weighted by Crippen LogP contribution is -2.43. The maximum absolute atomic E-state index is 12.9. The summed E-state index contributed by atoms with van der Waals surface area (Å²) < 4.78 is 12.9. The van der Waals surface area contributed by atoms with Crippen molar-refractivity contribution in [3.8, 4) is 0 Å². The highest BCUT2D eigenvalue weighted by Gasteiger charge is 2.41. The fraction of sp³-hybridized carbons (Fsp3) is 0.300. The van der Waals surface area contributed by atoms with E-state index in [4.69, 9.17) is 0 Å². The number of fused-ring (bicyclic) bond motifs is 1. The van der Waals surface area contributed by atoms with E-state index in [2.05, 4.69) is 10.6 Å². The van der Waals surface area contributed by atoms with Gasteiger partial charge in [-0.25, -0.2) is 4.39 Å². The minimum atomic E-state index is -0.747. The fourth-order valence-electron chi connectivity index (χ4n) is 1.67. The van der Waals surface area contributed by atoms with Gasteiger partial charge >= 0.3 is 0 Å². The number of carbonyl (C=O) groups is 1. The quantitative estimate of drug-likeness (QED) is 0.705. The number of carbonyl (C=O) groups excluding carboxylic acids is 1. The third kappa shape index (κ3) is 1.04. The van der Waals surface area contributed by atoms with E-state index in [0.29, 0.717) is 5.69 Å². The van der Waals surface area contributed by atoms with Crippen molar-refractivity contribution in [1.82, 2.24) is 5.32 Å². The molecular formula is C10H11FN2O. The van der Waals surface area contributed by atoms with Crippen molar-refractivity contribution in [3.05, 3.63) is 29.6 Å². The van der Waals surface area contributed by atoms with E-state index >= 15 is 0 Å². The van der Waals surface area contributed by atoms with Gasteiger partial charge in [-0.1, -0.05) is 6.07 Å². The topological polar surface area (TPSA) is 41.1 Å². The van der Waals surface area contributed by atoms with Crippen LogP contribution >= 0.6 is 0 Å². The Balaban J connectivity index is 2.59. The Morgan fingerprint density at radius 1 is 1.50 bits per heavy atom. The number of hydrogen-bond acceptors (Lipinski definition) is 2. The van der Waals surface area contributed by atoms with Crippen LogP contribution in [0.15, 0.2) is 18.2 Å². The van der Waals surface area contributed by atoms with Gasteiger partial charge in [-0.3, -0.25) is 4.79 Å². The Kier molecular flexibility index (Phi) is 1.82. The largest absolute Gasteiger partial charge is 0.324 e. The van der Waals surface area contributed by atoms with E-state index in [1.54, 1.807) is 20.0 Å². The Labute approximate surface area is 81.3 Å². The summed E-state index contributed by atoms with van der Waals surface area (Å²) >= 11 is 0. The van der Waals surface area contributed by atoms with Crippen LogP contribution in [-0.2, 0) is 10.3 Å². The van der Waals surface area contributed by atoms with Gasteiger partial charge in [0.2, 0.25) is 5.91 Å². The zero-order chi connectivity index (χ0) is 10.3. The van der Waals surface area contributed by atoms with Crippen molar-refractivity contribution in [2.75, 3.05) is 12.4 Å². The predicted octanol–water partition coefficient (Wildman–Crippen LogP) is 1.21. The first-order valence-corrected chi connectivity index (χ1v) is 4.38. The summed E-state index contributed by atoms with van der Waals surface area (Å²) in [6.07, 6.45) is 0. The number of amides is 1. The molecule has 0 radical (unpaired) electrons. The molecule has 1 aliphatic rings. The Morgan fingerprint density at radius 3 is 2.86 bits per heavy atom. The van der Waals surface area contributed by atoms with Gasteiger partial charge in [-0.05, 0) is 26.1 Å². The Bertz CT molecular complexity index is 405. The number of hydrogen-bond donors (Lipinski definition) is 2. The highest BCUT2D eigenvalue weighted by Crippen LogP contribution is 2.35. The number of halogens is 1. The van der Waals surface area contributed by atoms with Crippen LogP contribution in [0.1, 0.15) is 12.5 Å². The minimum Gasteiger partial charge on any atom is -0.324 e. The zero-order valence-corrected chi connectivity index (χ0v) is 8.02. The standard InChI is InChI=1S/C10H11FN2O/c1-10(12-2)7-4-3-6(11)5-8(7)13-9(10)14/h3-5,12H,1-2H3,(H,13,14)/t10-/m1/s1. The average Bonchev–Trinajstić information content (AvgIpc) is 2.39. The minimum absolute atomic E-state index is 0.152. The summed E-state index contributed by atoms with van der Waals surface area (Å²) in [6.45, 7) is 1.77. The summed E-state index contributed by atoms with van der Waals surface area (Å²) in [5.41, 5.74) is 0.585. The van der Waals surface area contributed by atoms with Gasteiger partial charge in [0, 0.05) is 11.3 Å². The molecule has 14 heavy (non-hydrogen) atoms. The predicted molar refractivity (Wildman–Crippen MR) is 51.4 cm³/mol. The highest BCUT2D eigenvalue weighted by molar-refractivity contribution is 6.05. The van der Waals surface area contributed by atoms with Gasteiger partial charge in [0.05, 0.1) is 0 Å². The fourth-order valence-corrected chi connectivity index (χ4v) is 1.67. The summed E-state index contributed by atoms with van der Waals surface area (Å²) in [4.78, 5) is 11.6. The second-order valence-corrected chi connectivity index (χ2v) is 3.52. The second-order valence-electron chi connectivity index (χ2n) is 3.52. The first kappa shape index (κ1) is 9.15. The summed E-state index contributed by atoms with van der Waals surface area (Å²) in [6, 6.07) is 4.31. The number of likely N-dealkylation sites (N-methyl/N-ethyl adjacent to an activating group) is 1. The van der Waals surface area contributed by atoms with E-state index in [-0.39, 0.29) is 11.7 Å². The maximum Gasteiger partial charge on any atom is 0.249 e. The molecule has 0 aromatic heterocycles. The summed E-state index contributed by atoms with van der Waals surface area (Å²) in [5, 5.41) is 5.57. The number of benzene rings is 1. The number of nitrogens with one attached hydrogen (secondary N) is 2. The molecule has 1 amide bonds. The second kappa shape index (κ2) is 2.78. The molecule has 1 atom stereocenters. The van der Waals surface area contributed by atoms with Crippen LogP contribution in [0, 0.1) is 5.82 Å². The lowest BCUT2D eigenvalue weighted by Gasteiger charge is -2.20. The van der Waals surface area contributed by atoms with Crippen molar-refractivity contribution in [2.24, 2.45) is 0 Å². The van der Waals surface area contributed by atoms with Crippen molar-refractivity contribution in [3.63, 3.8) is 0 Å². The smallest absolute Gasteiger partial charge is 0.249 e. The van der Waals surface area contributed by atoms with Crippen molar-refractivity contribution < 1.29 is 9.18 Å². The molecule has 1 aromatic carbocycles. The molecule has 2 N–H and O–H groups in total. The molecule has 1 aliphatic heterocycles. The SMILES string of the molecule is CN[C@@]1(C)C(=O)Nc2cc(F)ccc21. The van der Waals surface area contributed by atoms with Gasteiger partial charge in [0.1, 0.15) is 11.4 Å². The Hall–Kier alpha value is -1.42. The van der Waals surface area contributed by atoms with Gasteiger partial charge in [-0.2, -0.15) is 0 Å². The first-order chi connectivity index (χ1) is 6.58. The van der Waals surface area contributed by atoms with Crippen molar-refractivity contribution in [2.45, 2.75) is 12.5 Å². The molecular weight excluding hydrogens is 183 g/mol. The summed E-state index contributed by atoms with van der Waals surface area (Å²) in [5.74, 6) is -0.495. The van der Waals surface area contributed by atoms with E-state index in [0.717, 1.165) is 5.56 Å². The molecule has 74 valence electrons. The van der Waals surface area contributed by atoms with Gasteiger partial charge in [0.15, 0.2) is 0 Å². The van der Waals surface area contributed by atoms with Gasteiger partial charge in [0.25, 0.3) is 0 Å². The lowest BCUT2D eigenvalue weighted by atomic mass is 9.94. The van der Waals surface area contributed by atoms with Gasteiger partial charge in [-0.15, -0.1) is 0 Å². The molecule has 0 saturated heterocycles. The maximum atomic E-state index is 12.9. The van der Waals surface area contributed by atoms with Crippen LogP contribution in [-0.4, -0.2) is 13.0 Å². The van der Waals surface area contributed by atoms with E-state index in [1.165, 1.54) is 12.1 Å². The van der Waals surface area contributed by atoms with E-state index in [1.807, 2.05) is 0 Å². The molecule has 0 saturated carbocycles. The van der Waals surface area contributed by atoms with E-state index in [9.17, 15) is 9.18 Å². The van der Waals surface area contributed by atoms with Crippen LogP contribution in [0.5, 0.6) is 0 Å². The molecule has 2 rings (SSSR count). The number of anilines is 1. The van der Waals surface area contributed by atoms with Crippen LogP contribution in [0.2, 0.25) is 0 Å². The summed E-state index contributed by atoms with van der Waals surface area (Å²) in [7, 11) is 1.71. The van der Waals surface area contributed by atoms with Crippen LogP contribution in [0.4, 0.5) is 10.1 Å². The number of rotatable bonds is 1. The van der Waals surface area contributed by atoms with Crippen LogP contribution < -0.4 is 10.6 Å². The van der Waals surface area contributed by atoms with E-state index < -0.39 is 5.54 Å². The normalized spacial score (nSPS) is 24.6. The zero-order valence-electron chi connectivity index (χ0n) is 8.02. The monoisotopic (exact) mass is 194 g/mol. The molecule has 1 heterocycles. The first-order valence-electron chi connectivity index (χ1n) is 4.38. The highest BCUT2D eigenvalue weighted by atomic mass is 19.1. The third-order valence-corrected chi connectivity index (χ3v) is 2.72. The van der Waals surface area contributed by atoms with Crippen molar-refractivity contribution in [1.29, 1.82) is 0 Å². The van der Waals surface area contributed by atoms with Gasteiger partial charge < -0.3 is 10.6 Å².